The Kier molecular flexibility index (Phi) is 4.56. The number of rotatable bonds is 4. The van der Waals surface area contributed by atoms with E-state index in [1.807, 2.05) is 40.9 Å². The maximum atomic E-state index is 13.3. The first-order chi connectivity index (χ1) is 13.7. The molecule has 4 rings (SSSR count). The lowest BCUT2D eigenvalue weighted by Crippen LogP contribution is -2.25. The van der Waals surface area contributed by atoms with E-state index in [4.69, 9.17) is 5.26 Å². The Labute approximate surface area is 160 Å². The molecule has 0 aliphatic carbocycles. The summed E-state index contributed by atoms with van der Waals surface area (Å²) < 4.78 is 15.1. The summed E-state index contributed by atoms with van der Waals surface area (Å²) in [7, 11) is 0. The van der Waals surface area contributed by atoms with Gasteiger partial charge in [-0.2, -0.15) is 9.66 Å². The number of hydrogen-bond donors (Lipinski definition) is 2. The van der Waals surface area contributed by atoms with E-state index in [0.717, 1.165) is 16.6 Å². The van der Waals surface area contributed by atoms with Crippen molar-refractivity contribution in [3.63, 3.8) is 0 Å². The number of aromatic nitrogens is 2. The minimum atomic E-state index is -0.315. The molecule has 0 aliphatic heterocycles. The molecule has 2 N–H and O–H groups in total. The molecule has 0 atom stereocenters. The minimum Gasteiger partial charge on any atom is -0.345 e. The van der Waals surface area contributed by atoms with Crippen molar-refractivity contribution < 1.29 is 13.6 Å². The molecular weight excluding hydrogens is 355 g/mol. The topological polar surface area (TPSA) is 72.8 Å². The molecule has 5 nitrogen and oxygen atoms in total. The smallest absolute Gasteiger partial charge is 0.295 e. The molecule has 0 radical (unpaired) electrons. The quantitative estimate of drug-likeness (QED) is 0.540. The summed E-state index contributed by atoms with van der Waals surface area (Å²) in [6.45, 7) is 0.342. The van der Waals surface area contributed by atoms with E-state index >= 15 is 0 Å². The second-order valence-corrected chi connectivity index (χ2v) is 6.30. The SMILES string of the molecule is N#Cc1ccc(CNC(=O)c2[nH]c(-c3ccc(F)cc3)[n+]3ccccc23)cc1. The van der Waals surface area contributed by atoms with E-state index < -0.39 is 0 Å². The van der Waals surface area contributed by atoms with Crippen LogP contribution in [0.15, 0.2) is 72.9 Å². The summed E-state index contributed by atoms with van der Waals surface area (Å²) >= 11 is 0. The summed E-state index contributed by atoms with van der Waals surface area (Å²) in [6, 6.07) is 20.8. The Morgan fingerprint density at radius 2 is 1.82 bits per heavy atom. The fraction of sp³-hybridized carbons (Fsp3) is 0.0455. The standard InChI is InChI=1S/C22H15FN4O/c23-18-10-8-17(9-11-18)21-26-20(19-3-1-2-12-27(19)21)22(28)25-14-16-6-4-15(13-24)5-7-16/h1-12H,14H2,(H,25,28)/p+1. The highest BCUT2D eigenvalue weighted by atomic mass is 19.1. The van der Waals surface area contributed by atoms with Crippen molar-refractivity contribution in [1.82, 2.24) is 10.3 Å². The third kappa shape index (κ3) is 3.33. The lowest BCUT2D eigenvalue weighted by atomic mass is 10.1. The summed E-state index contributed by atoms with van der Waals surface area (Å²) in [4.78, 5) is 16.0. The number of nitrogens with one attached hydrogen (secondary N) is 2. The highest BCUT2D eigenvalue weighted by Gasteiger charge is 2.24. The van der Waals surface area contributed by atoms with Crippen molar-refractivity contribution in [3.8, 4) is 17.5 Å². The highest BCUT2D eigenvalue weighted by molar-refractivity contribution is 5.98. The van der Waals surface area contributed by atoms with Crippen LogP contribution in [-0.2, 0) is 6.54 Å². The number of benzene rings is 2. The van der Waals surface area contributed by atoms with Crippen molar-refractivity contribution in [2.45, 2.75) is 6.54 Å². The number of fused-ring (bicyclic) bond motifs is 1. The van der Waals surface area contributed by atoms with Gasteiger partial charge in [0, 0.05) is 6.54 Å². The minimum absolute atomic E-state index is 0.249. The summed E-state index contributed by atoms with van der Waals surface area (Å²) in [5.41, 5.74) is 3.39. The number of nitriles is 1. The van der Waals surface area contributed by atoms with Crippen LogP contribution in [0.2, 0.25) is 0 Å². The van der Waals surface area contributed by atoms with Gasteiger partial charge in [0.25, 0.3) is 11.7 Å². The Morgan fingerprint density at radius 1 is 1.07 bits per heavy atom. The zero-order valence-corrected chi connectivity index (χ0v) is 14.8. The first-order valence-electron chi connectivity index (χ1n) is 8.71. The number of H-pyrrole nitrogens is 1. The van der Waals surface area contributed by atoms with Crippen molar-refractivity contribution in [2.24, 2.45) is 0 Å². The van der Waals surface area contributed by atoms with Crippen LogP contribution in [0.5, 0.6) is 0 Å². The van der Waals surface area contributed by atoms with Crippen LogP contribution < -0.4 is 9.72 Å². The number of amides is 1. The Balaban J connectivity index is 1.63. The summed E-state index contributed by atoms with van der Waals surface area (Å²) in [5, 5.41) is 11.8. The lowest BCUT2D eigenvalue weighted by molar-refractivity contribution is -0.498. The van der Waals surface area contributed by atoms with Gasteiger partial charge in [-0.1, -0.05) is 18.2 Å². The molecule has 1 amide bonds. The molecule has 0 saturated carbocycles. The number of nitrogens with zero attached hydrogens (tertiary/aromatic N) is 2. The maximum Gasteiger partial charge on any atom is 0.295 e. The number of aromatic amines is 1. The molecule has 2 aromatic heterocycles. The Bertz CT molecular complexity index is 1190. The van der Waals surface area contributed by atoms with Crippen molar-refractivity contribution in [1.29, 1.82) is 5.26 Å². The predicted molar refractivity (Wildman–Crippen MR) is 102 cm³/mol. The second-order valence-electron chi connectivity index (χ2n) is 6.30. The fourth-order valence-corrected chi connectivity index (χ4v) is 3.04. The number of hydrogen-bond acceptors (Lipinski definition) is 2. The van der Waals surface area contributed by atoms with Gasteiger partial charge < -0.3 is 5.32 Å². The average molecular weight is 371 g/mol. The Morgan fingerprint density at radius 3 is 2.54 bits per heavy atom. The molecule has 136 valence electrons. The van der Waals surface area contributed by atoms with Gasteiger partial charge in [0.05, 0.1) is 23.4 Å². The fourth-order valence-electron chi connectivity index (χ4n) is 3.04. The van der Waals surface area contributed by atoms with Crippen LogP contribution in [-0.4, -0.2) is 10.9 Å². The van der Waals surface area contributed by atoms with Gasteiger partial charge in [0.2, 0.25) is 5.69 Å². The molecule has 0 aliphatic rings. The molecule has 2 heterocycles. The molecule has 4 aromatic rings. The van der Waals surface area contributed by atoms with Gasteiger partial charge in [-0.15, -0.1) is 0 Å². The molecular formula is C22H16FN4O+. The first-order valence-corrected chi connectivity index (χ1v) is 8.71. The monoisotopic (exact) mass is 371 g/mol. The lowest BCUT2D eigenvalue weighted by Gasteiger charge is -2.02. The molecule has 0 bridgehead atoms. The van der Waals surface area contributed by atoms with E-state index in [2.05, 4.69) is 16.4 Å². The molecule has 0 fully saturated rings. The first kappa shape index (κ1) is 17.4. The van der Waals surface area contributed by atoms with E-state index in [1.165, 1.54) is 12.1 Å². The third-order valence-electron chi connectivity index (χ3n) is 4.48. The van der Waals surface area contributed by atoms with Gasteiger partial charge in [0.1, 0.15) is 5.82 Å². The average Bonchev–Trinajstić information content (AvgIpc) is 3.13. The van der Waals surface area contributed by atoms with Gasteiger partial charge in [-0.25, -0.2) is 9.37 Å². The van der Waals surface area contributed by atoms with Crippen LogP contribution in [0.25, 0.3) is 16.9 Å². The zero-order chi connectivity index (χ0) is 19.5. The van der Waals surface area contributed by atoms with Crippen LogP contribution in [0.4, 0.5) is 4.39 Å². The molecule has 0 saturated heterocycles. The molecule has 2 aromatic carbocycles. The number of halogens is 1. The second kappa shape index (κ2) is 7.33. The van der Waals surface area contributed by atoms with E-state index in [0.29, 0.717) is 23.6 Å². The molecule has 28 heavy (non-hydrogen) atoms. The largest absolute Gasteiger partial charge is 0.345 e. The normalized spacial score (nSPS) is 10.6. The number of imidazole rings is 1. The highest BCUT2D eigenvalue weighted by Crippen LogP contribution is 2.18. The van der Waals surface area contributed by atoms with Gasteiger partial charge in [-0.3, -0.25) is 4.79 Å². The number of pyridine rings is 1. The van der Waals surface area contributed by atoms with E-state index in [9.17, 15) is 9.18 Å². The van der Waals surface area contributed by atoms with E-state index in [1.54, 1.807) is 24.3 Å². The zero-order valence-electron chi connectivity index (χ0n) is 14.8. The third-order valence-corrected chi connectivity index (χ3v) is 4.48. The van der Waals surface area contributed by atoms with Gasteiger partial charge in [-0.05, 0) is 54.1 Å². The number of carbonyl (C=O) groups excluding carboxylic acids is 1. The van der Waals surface area contributed by atoms with Crippen molar-refractivity contribution >= 4 is 11.4 Å². The molecule has 0 unspecified atom stereocenters. The van der Waals surface area contributed by atoms with Gasteiger partial charge in [0.15, 0.2) is 5.52 Å². The van der Waals surface area contributed by atoms with Gasteiger partial charge >= 0.3 is 0 Å². The predicted octanol–water partition coefficient (Wildman–Crippen LogP) is 3.36. The van der Waals surface area contributed by atoms with Crippen LogP contribution >= 0.6 is 0 Å². The maximum absolute atomic E-state index is 13.3. The number of carbonyl (C=O) groups is 1. The van der Waals surface area contributed by atoms with Crippen LogP contribution in [0, 0.1) is 17.1 Å². The van der Waals surface area contributed by atoms with E-state index in [-0.39, 0.29) is 11.7 Å². The van der Waals surface area contributed by atoms with Crippen molar-refractivity contribution in [2.75, 3.05) is 0 Å². The summed E-state index contributed by atoms with van der Waals surface area (Å²) in [5.74, 6) is 0.130. The molecule has 0 spiro atoms. The summed E-state index contributed by atoms with van der Waals surface area (Å²) in [6.07, 6.45) is 1.85. The molecule has 6 heteroatoms. The Hall–Kier alpha value is -3.98. The van der Waals surface area contributed by atoms with Crippen LogP contribution in [0.3, 0.4) is 0 Å². The van der Waals surface area contributed by atoms with Crippen molar-refractivity contribution in [3.05, 3.63) is 95.6 Å². The van der Waals surface area contributed by atoms with Crippen LogP contribution in [0.1, 0.15) is 21.6 Å².